The molecular formula is C28H20N4O2. The van der Waals surface area contributed by atoms with Gasteiger partial charge in [-0.2, -0.15) is 0 Å². The maximum absolute atomic E-state index is 10.7. The molecule has 34 heavy (non-hydrogen) atoms. The SMILES string of the molecule is CC1=C2C=CC(=N2)C=C2C=CC(=N2)C(C)=C2C=CC(=N2)C(c2cc(O)ccc2O)=C2C=CC1=N2. The predicted octanol–water partition coefficient (Wildman–Crippen LogP) is 5.30. The first-order valence-electron chi connectivity index (χ1n) is 10.9. The van der Waals surface area contributed by atoms with Gasteiger partial charge in [-0.1, -0.05) is 0 Å². The van der Waals surface area contributed by atoms with Crippen molar-refractivity contribution in [3.63, 3.8) is 0 Å². The molecule has 164 valence electrons. The van der Waals surface area contributed by atoms with E-state index in [0.29, 0.717) is 22.5 Å². The average molecular weight is 444 g/mol. The van der Waals surface area contributed by atoms with Crippen molar-refractivity contribution in [3.05, 3.63) is 112 Å². The fraction of sp³-hybridized carbons (Fsp3) is 0.0714. The van der Waals surface area contributed by atoms with E-state index in [-0.39, 0.29) is 11.5 Å². The summed E-state index contributed by atoms with van der Waals surface area (Å²) in [5, 5.41) is 20.8. The smallest absolute Gasteiger partial charge is 0.123 e. The number of aromatic hydroxyl groups is 2. The first kappa shape index (κ1) is 20.1. The van der Waals surface area contributed by atoms with E-state index in [1.54, 1.807) is 0 Å². The highest BCUT2D eigenvalue weighted by atomic mass is 16.3. The van der Waals surface area contributed by atoms with Gasteiger partial charge in [0.15, 0.2) is 0 Å². The topological polar surface area (TPSA) is 89.9 Å². The monoisotopic (exact) mass is 444 g/mol. The summed E-state index contributed by atoms with van der Waals surface area (Å²) in [7, 11) is 0. The van der Waals surface area contributed by atoms with Crippen LogP contribution in [0.1, 0.15) is 19.4 Å². The minimum Gasteiger partial charge on any atom is -0.508 e. The highest BCUT2D eigenvalue weighted by molar-refractivity contribution is 6.33. The van der Waals surface area contributed by atoms with Crippen molar-refractivity contribution in [2.45, 2.75) is 13.8 Å². The molecule has 0 saturated heterocycles. The molecule has 1 aromatic carbocycles. The third kappa shape index (κ3) is 3.28. The predicted molar refractivity (Wildman–Crippen MR) is 136 cm³/mol. The van der Waals surface area contributed by atoms with Gasteiger partial charge in [-0.25, -0.2) is 20.0 Å². The molecule has 1 aromatic rings. The molecule has 5 aliphatic rings. The van der Waals surface area contributed by atoms with Gasteiger partial charge in [0.25, 0.3) is 0 Å². The molecule has 0 fully saturated rings. The normalized spacial score (nSPS) is 20.4. The first-order chi connectivity index (χ1) is 16.5. The van der Waals surface area contributed by atoms with Crippen LogP contribution in [-0.4, -0.2) is 33.1 Å². The quantitative estimate of drug-likeness (QED) is 0.576. The maximum atomic E-state index is 10.7. The number of allylic oxidation sites excluding steroid dienone is 12. The van der Waals surface area contributed by atoms with Crippen molar-refractivity contribution in [3.8, 4) is 11.5 Å². The molecule has 0 amide bonds. The lowest BCUT2D eigenvalue weighted by molar-refractivity contribution is 0.459. The third-order valence-corrected chi connectivity index (χ3v) is 6.20. The van der Waals surface area contributed by atoms with Crippen LogP contribution in [0.15, 0.2) is 127 Å². The van der Waals surface area contributed by atoms with Crippen molar-refractivity contribution in [2.75, 3.05) is 0 Å². The van der Waals surface area contributed by atoms with Crippen LogP contribution in [0.3, 0.4) is 0 Å². The van der Waals surface area contributed by atoms with Gasteiger partial charge >= 0.3 is 0 Å². The highest BCUT2D eigenvalue weighted by Crippen LogP contribution is 2.37. The Morgan fingerprint density at radius 3 is 2.12 bits per heavy atom. The van der Waals surface area contributed by atoms with Gasteiger partial charge < -0.3 is 10.2 Å². The van der Waals surface area contributed by atoms with Crippen LogP contribution < -0.4 is 0 Å². The molecule has 0 radical (unpaired) electrons. The molecule has 6 heteroatoms. The molecule has 0 aromatic heterocycles. The fourth-order valence-corrected chi connectivity index (χ4v) is 4.30. The second kappa shape index (κ2) is 7.49. The minimum atomic E-state index is 0.0398. The lowest BCUT2D eigenvalue weighted by Crippen LogP contribution is -2.01. The Morgan fingerprint density at radius 2 is 1.26 bits per heavy atom. The summed E-state index contributed by atoms with van der Waals surface area (Å²) < 4.78 is 0. The van der Waals surface area contributed by atoms with E-state index in [9.17, 15) is 10.2 Å². The Balaban J connectivity index is 1.64. The Bertz CT molecular complexity index is 1560. The number of hydrogen-bond acceptors (Lipinski definition) is 6. The lowest BCUT2D eigenvalue weighted by Gasteiger charge is -2.11. The van der Waals surface area contributed by atoms with Gasteiger partial charge in [-0.3, -0.25) is 0 Å². The molecule has 6 rings (SSSR count). The summed E-state index contributed by atoms with van der Waals surface area (Å²) in [4.78, 5) is 19.2. The van der Waals surface area contributed by atoms with E-state index in [1.165, 1.54) is 18.2 Å². The molecule has 0 unspecified atom stereocenters. The van der Waals surface area contributed by atoms with E-state index in [2.05, 4.69) is 0 Å². The summed E-state index contributed by atoms with van der Waals surface area (Å²) in [6.45, 7) is 3.98. The van der Waals surface area contributed by atoms with Gasteiger partial charge in [-0.15, -0.1) is 0 Å². The zero-order valence-electron chi connectivity index (χ0n) is 18.6. The third-order valence-electron chi connectivity index (χ3n) is 6.20. The molecule has 0 atom stereocenters. The summed E-state index contributed by atoms with van der Waals surface area (Å²) in [5.41, 5.74) is 9.20. The average Bonchev–Trinajstić information content (AvgIpc) is 3.63. The van der Waals surface area contributed by atoms with Gasteiger partial charge in [0, 0.05) is 22.3 Å². The number of phenols is 2. The van der Waals surface area contributed by atoms with Gasteiger partial charge in [0.1, 0.15) is 11.5 Å². The van der Waals surface area contributed by atoms with Crippen molar-refractivity contribution in [1.82, 2.24) is 0 Å². The van der Waals surface area contributed by atoms with Crippen LogP contribution >= 0.6 is 0 Å². The highest BCUT2D eigenvalue weighted by Gasteiger charge is 2.24. The van der Waals surface area contributed by atoms with Gasteiger partial charge in [-0.05, 0) is 86.7 Å². The van der Waals surface area contributed by atoms with Crippen LogP contribution in [-0.2, 0) is 0 Å². The number of fused-ring (bicyclic) bond motifs is 4. The molecular weight excluding hydrogens is 424 g/mol. The van der Waals surface area contributed by atoms with Crippen molar-refractivity contribution >= 4 is 28.4 Å². The first-order valence-corrected chi connectivity index (χ1v) is 10.9. The Labute approximate surface area is 196 Å². The van der Waals surface area contributed by atoms with Crippen LogP contribution in [0.25, 0.3) is 5.57 Å². The summed E-state index contributed by atoms with van der Waals surface area (Å²) in [6, 6.07) is 4.46. The zero-order chi connectivity index (χ0) is 23.4. The molecule has 2 N–H and O–H groups in total. The summed E-state index contributed by atoms with van der Waals surface area (Å²) in [5.74, 6) is 0.0905. The number of hydrogen-bond donors (Lipinski definition) is 2. The van der Waals surface area contributed by atoms with Gasteiger partial charge in [0.05, 0.1) is 45.6 Å². The van der Waals surface area contributed by atoms with E-state index in [4.69, 9.17) is 20.0 Å². The number of nitrogens with zero attached hydrogens (tertiary/aromatic N) is 4. The lowest BCUT2D eigenvalue weighted by atomic mass is 9.97. The van der Waals surface area contributed by atoms with E-state index >= 15 is 0 Å². The summed E-state index contributed by atoms with van der Waals surface area (Å²) >= 11 is 0. The van der Waals surface area contributed by atoms with Crippen LogP contribution in [0.5, 0.6) is 11.5 Å². The molecule has 0 saturated carbocycles. The second-order valence-corrected chi connectivity index (χ2v) is 8.41. The van der Waals surface area contributed by atoms with Crippen molar-refractivity contribution in [2.24, 2.45) is 20.0 Å². The second-order valence-electron chi connectivity index (χ2n) is 8.41. The largest absolute Gasteiger partial charge is 0.508 e. The number of benzene rings is 1. The zero-order valence-corrected chi connectivity index (χ0v) is 18.6. The van der Waals surface area contributed by atoms with Crippen molar-refractivity contribution in [1.29, 1.82) is 0 Å². The number of aliphatic imine (C=N–C) groups is 4. The Morgan fingerprint density at radius 1 is 0.618 bits per heavy atom. The fourth-order valence-electron chi connectivity index (χ4n) is 4.30. The maximum Gasteiger partial charge on any atom is 0.123 e. The van der Waals surface area contributed by atoms with E-state index in [0.717, 1.165) is 45.4 Å². The van der Waals surface area contributed by atoms with Crippen LogP contribution in [0, 0.1) is 0 Å². The van der Waals surface area contributed by atoms with Gasteiger partial charge in [0.2, 0.25) is 0 Å². The number of phenolic OH excluding ortho intramolecular Hbond substituents is 2. The molecule has 6 nitrogen and oxygen atoms in total. The van der Waals surface area contributed by atoms with E-state index < -0.39 is 0 Å². The van der Waals surface area contributed by atoms with Crippen LogP contribution in [0.2, 0.25) is 0 Å². The molecule has 5 heterocycles. The molecule has 0 aliphatic carbocycles. The molecule has 0 spiro atoms. The van der Waals surface area contributed by atoms with Crippen molar-refractivity contribution < 1.29 is 10.2 Å². The summed E-state index contributed by atoms with van der Waals surface area (Å²) in [6.07, 6.45) is 17.5. The van der Waals surface area contributed by atoms with E-state index in [1.807, 2.05) is 68.5 Å². The van der Waals surface area contributed by atoms with Crippen LogP contribution in [0.4, 0.5) is 0 Å². The molecule has 5 aliphatic heterocycles. The number of rotatable bonds is 1. The minimum absolute atomic E-state index is 0.0398. The molecule has 8 bridgehead atoms. The standard InChI is InChI=1S/C28H20N4O2/c1-15-21-6-3-17(29-21)13-18-4-7-22(30-18)16(2)24-9-11-26(32-24)28(25-10-8-23(15)31-25)20-14-19(33)5-12-27(20)34/h3-14,33-34H,1-2H3. The Hall–Kier alpha value is -4.58. The Kier molecular flexibility index (Phi) is 4.42.